The fraction of sp³-hybridized carbons (Fsp3) is 0.474. The molecule has 3 heterocycles. The van der Waals surface area contributed by atoms with E-state index in [1.807, 2.05) is 30.2 Å². The van der Waals surface area contributed by atoms with Crippen molar-refractivity contribution >= 4 is 29.3 Å². The van der Waals surface area contributed by atoms with E-state index in [1.165, 1.54) is 17.7 Å². The second-order valence-electron chi connectivity index (χ2n) is 6.68. The number of aromatic nitrogens is 2. The third kappa shape index (κ3) is 4.49. The number of nitrogens with zero attached hydrogens (tertiary/aromatic N) is 2. The molecule has 2 aliphatic rings. The lowest BCUT2D eigenvalue weighted by Gasteiger charge is -2.38. The van der Waals surface area contributed by atoms with Crippen LogP contribution in [0.3, 0.4) is 0 Å². The first-order valence-electron chi connectivity index (χ1n) is 8.78. The highest BCUT2D eigenvalue weighted by Gasteiger charge is 2.40. The quantitative estimate of drug-likeness (QED) is 0.791. The van der Waals surface area contributed by atoms with E-state index in [4.69, 9.17) is 9.72 Å². The summed E-state index contributed by atoms with van der Waals surface area (Å²) in [4.78, 5) is 9.11. The molecule has 2 aliphatic heterocycles. The van der Waals surface area contributed by atoms with E-state index >= 15 is 0 Å². The van der Waals surface area contributed by atoms with Gasteiger partial charge in [-0.15, -0.1) is 11.8 Å². The zero-order valence-corrected chi connectivity index (χ0v) is 15.8. The molecule has 4 nitrogen and oxygen atoms in total. The molecule has 1 aromatic carbocycles. The van der Waals surface area contributed by atoms with Crippen molar-refractivity contribution in [2.45, 2.75) is 41.7 Å². The van der Waals surface area contributed by atoms with Crippen molar-refractivity contribution in [1.82, 2.24) is 9.97 Å². The van der Waals surface area contributed by atoms with Gasteiger partial charge in [-0.1, -0.05) is 30.3 Å². The van der Waals surface area contributed by atoms with Gasteiger partial charge in [0, 0.05) is 24.2 Å². The number of benzene rings is 1. The Labute approximate surface area is 157 Å². The standard InChI is InChI=1S/C19H23N3OS2/c1-2-4-15(5-3-1)13-25-18-12-20-11-17(22-18)21-16-6-8-23-19(10-16)7-9-24-14-19/h1-5,11-12,16H,6-10,13-14H2,(H,21,22). The zero-order valence-electron chi connectivity index (χ0n) is 14.2. The smallest absolute Gasteiger partial charge is 0.146 e. The van der Waals surface area contributed by atoms with Crippen LogP contribution in [-0.4, -0.2) is 39.7 Å². The number of nitrogens with one attached hydrogen (secondary N) is 1. The fourth-order valence-corrected chi connectivity index (χ4v) is 5.63. The number of hydrogen-bond donors (Lipinski definition) is 1. The second kappa shape index (κ2) is 7.98. The van der Waals surface area contributed by atoms with Gasteiger partial charge in [0.2, 0.25) is 0 Å². The monoisotopic (exact) mass is 373 g/mol. The van der Waals surface area contributed by atoms with Crippen LogP contribution in [0.5, 0.6) is 0 Å². The molecule has 4 rings (SSSR count). The second-order valence-corrected chi connectivity index (χ2v) is 8.79. The molecule has 2 saturated heterocycles. The number of anilines is 1. The third-order valence-corrected chi connectivity index (χ3v) is 6.95. The number of thioether (sulfide) groups is 2. The van der Waals surface area contributed by atoms with Crippen molar-refractivity contribution in [3.8, 4) is 0 Å². The molecular formula is C19H23N3OS2. The van der Waals surface area contributed by atoms with Crippen LogP contribution in [0.25, 0.3) is 0 Å². The molecule has 2 atom stereocenters. The lowest BCUT2D eigenvalue weighted by Crippen LogP contribution is -2.44. The molecule has 0 aliphatic carbocycles. The van der Waals surface area contributed by atoms with Gasteiger partial charge < -0.3 is 10.1 Å². The summed E-state index contributed by atoms with van der Waals surface area (Å²) in [6.45, 7) is 0.841. The molecule has 0 amide bonds. The van der Waals surface area contributed by atoms with Gasteiger partial charge in [-0.05, 0) is 30.6 Å². The number of ether oxygens (including phenoxy) is 1. The first-order valence-corrected chi connectivity index (χ1v) is 10.9. The summed E-state index contributed by atoms with van der Waals surface area (Å²) < 4.78 is 6.10. The van der Waals surface area contributed by atoms with E-state index in [-0.39, 0.29) is 5.60 Å². The van der Waals surface area contributed by atoms with Crippen LogP contribution in [0, 0.1) is 0 Å². The van der Waals surface area contributed by atoms with Crippen LogP contribution in [0.15, 0.2) is 47.8 Å². The molecule has 0 radical (unpaired) electrons. The Balaban J connectivity index is 1.36. The van der Waals surface area contributed by atoms with E-state index in [9.17, 15) is 0 Å². The first-order chi connectivity index (χ1) is 12.3. The molecule has 1 spiro atoms. The molecule has 0 saturated carbocycles. The fourth-order valence-electron chi connectivity index (χ4n) is 3.44. The van der Waals surface area contributed by atoms with E-state index in [1.54, 1.807) is 11.8 Å². The van der Waals surface area contributed by atoms with Gasteiger partial charge in [-0.25, -0.2) is 4.98 Å². The normalized spacial score (nSPS) is 26.0. The minimum Gasteiger partial charge on any atom is -0.374 e. The minimum absolute atomic E-state index is 0.0910. The minimum atomic E-state index is 0.0910. The molecule has 2 aromatic rings. The molecule has 25 heavy (non-hydrogen) atoms. The lowest BCUT2D eigenvalue weighted by molar-refractivity contribution is -0.0628. The molecule has 0 bridgehead atoms. The molecular weight excluding hydrogens is 350 g/mol. The maximum Gasteiger partial charge on any atom is 0.146 e. The van der Waals surface area contributed by atoms with Gasteiger partial charge in [-0.3, -0.25) is 4.98 Å². The van der Waals surface area contributed by atoms with E-state index in [0.717, 1.165) is 41.8 Å². The van der Waals surface area contributed by atoms with Gasteiger partial charge in [0.1, 0.15) is 10.8 Å². The Bertz CT molecular complexity index is 692. The Kier molecular flexibility index (Phi) is 5.48. The summed E-state index contributed by atoms with van der Waals surface area (Å²) in [6, 6.07) is 10.9. The van der Waals surface area contributed by atoms with Crippen molar-refractivity contribution in [3.63, 3.8) is 0 Å². The van der Waals surface area contributed by atoms with E-state index in [2.05, 4.69) is 34.6 Å². The van der Waals surface area contributed by atoms with Crippen molar-refractivity contribution in [1.29, 1.82) is 0 Å². The lowest BCUT2D eigenvalue weighted by atomic mass is 9.90. The van der Waals surface area contributed by atoms with Gasteiger partial charge in [0.25, 0.3) is 0 Å². The van der Waals surface area contributed by atoms with Gasteiger partial charge in [0.05, 0.1) is 18.0 Å². The van der Waals surface area contributed by atoms with Crippen LogP contribution in [0.1, 0.15) is 24.8 Å². The number of hydrogen-bond acceptors (Lipinski definition) is 6. The summed E-state index contributed by atoms with van der Waals surface area (Å²) in [5.74, 6) is 4.14. The summed E-state index contributed by atoms with van der Waals surface area (Å²) >= 11 is 3.74. The SMILES string of the molecule is c1ccc(CSc2cncc(NC3CCOC4(CCSC4)C3)n2)cc1. The van der Waals surface area contributed by atoms with Crippen molar-refractivity contribution < 1.29 is 4.74 Å². The van der Waals surface area contributed by atoms with Crippen LogP contribution in [0.2, 0.25) is 0 Å². The highest BCUT2D eigenvalue weighted by Crippen LogP contribution is 2.38. The van der Waals surface area contributed by atoms with E-state index < -0.39 is 0 Å². The maximum absolute atomic E-state index is 6.10. The Morgan fingerprint density at radius 3 is 3.04 bits per heavy atom. The van der Waals surface area contributed by atoms with Gasteiger partial charge in [-0.2, -0.15) is 11.8 Å². The van der Waals surface area contributed by atoms with Crippen molar-refractivity contribution in [2.75, 3.05) is 23.4 Å². The molecule has 6 heteroatoms. The average Bonchev–Trinajstić information content (AvgIpc) is 3.09. The summed E-state index contributed by atoms with van der Waals surface area (Å²) in [5, 5.41) is 4.56. The zero-order chi connectivity index (χ0) is 17.0. The van der Waals surface area contributed by atoms with E-state index in [0.29, 0.717) is 6.04 Å². The molecule has 2 fully saturated rings. The van der Waals surface area contributed by atoms with Gasteiger partial charge in [0.15, 0.2) is 0 Å². The Morgan fingerprint density at radius 1 is 1.28 bits per heavy atom. The molecule has 132 valence electrons. The van der Waals surface area contributed by atoms with Gasteiger partial charge >= 0.3 is 0 Å². The maximum atomic E-state index is 6.10. The summed E-state index contributed by atoms with van der Waals surface area (Å²) in [5.41, 5.74) is 1.39. The van der Waals surface area contributed by atoms with Crippen LogP contribution < -0.4 is 5.32 Å². The molecule has 1 aromatic heterocycles. The highest BCUT2D eigenvalue weighted by atomic mass is 32.2. The first kappa shape index (κ1) is 17.2. The third-order valence-electron chi connectivity index (χ3n) is 4.75. The number of rotatable bonds is 5. The highest BCUT2D eigenvalue weighted by molar-refractivity contribution is 7.99. The van der Waals surface area contributed by atoms with Crippen LogP contribution in [0.4, 0.5) is 5.82 Å². The predicted octanol–water partition coefficient (Wildman–Crippen LogP) is 4.24. The Hall–Kier alpha value is -1.24. The Morgan fingerprint density at radius 2 is 2.20 bits per heavy atom. The average molecular weight is 374 g/mol. The summed E-state index contributed by atoms with van der Waals surface area (Å²) in [7, 11) is 0. The predicted molar refractivity (Wildman–Crippen MR) is 105 cm³/mol. The van der Waals surface area contributed by atoms with Crippen LogP contribution in [-0.2, 0) is 10.5 Å². The molecule has 2 unspecified atom stereocenters. The van der Waals surface area contributed by atoms with Crippen LogP contribution >= 0.6 is 23.5 Å². The topological polar surface area (TPSA) is 47.0 Å². The van der Waals surface area contributed by atoms with Crippen molar-refractivity contribution in [3.05, 3.63) is 48.3 Å². The summed E-state index contributed by atoms with van der Waals surface area (Å²) in [6.07, 6.45) is 6.96. The largest absolute Gasteiger partial charge is 0.374 e. The van der Waals surface area contributed by atoms with Crippen molar-refractivity contribution in [2.24, 2.45) is 0 Å². The molecule has 1 N–H and O–H groups in total.